The van der Waals surface area contributed by atoms with Crippen LogP contribution < -0.4 is 5.32 Å². The van der Waals surface area contributed by atoms with Gasteiger partial charge in [0.25, 0.3) is 0 Å². The minimum atomic E-state index is -0.00840. The van der Waals surface area contributed by atoms with Gasteiger partial charge in [-0.2, -0.15) is 0 Å². The minimum Gasteiger partial charge on any atom is -0.464 e. The van der Waals surface area contributed by atoms with Crippen molar-refractivity contribution >= 4 is 22.6 Å². The van der Waals surface area contributed by atoms with Crippen LogP contribution in [-0.2, 0) is 11.2 Å². The molecule has 27 heavy (non-hydrogen) atoms. The second-order valence-electron chi connectivity index (χ2n) is 8.04. The van der Waals surface area contributed by atoms with E-state index in [0.717, 1.165) is 22.2 Å². The van der Waals surface area contributed by atoms with Gasteiger partial charge in [-0.05, 0) is 60.1 Å². The van der Waals surface area contributed by atoms with Gasteiger partial charge in [-0.15, -0.1) is 0 Å². The van der Waals surface area contributed by atoms with Crippen molar-refractivity contribution in [3.8, 4) is 0 Å². The van der Waals surface area contributed by atoms with Crippen molar-refractivity contribution in [1.29, 1.82) is 0 Å². The molecule has 1 N–H and O–H groups in total. The summed E-state index contributed by atoms with van der Waals surface area (Å²) in [5.74, 6) is 0.685. The standard InChI is InChI=1S/C24H29NO2/c1-14(2)19-8-7-9-20(15(3)4)24(19)25-23(26)12-18-13-27-22-11-17(6)16(5)10-21(18)22/h7-11,13-15H,12H2,1-6H3,(H,25,26). The molecule has 0 fully saturated rings. The Kier molecular flexibility index (Phi) is 5.41. The SMILES string of the molecule is Cc1cc2occ(CC(=O)Nc3c(C(C)C)cccc3C(C)C)c2cc1C. The third-order valence-corrected chi connectivity index (χ3v) is 5.26. The quantitative estimate of drug-likeness (QED) is 0.564. The van der Waals surface area contributed by atoms with E-state index in [-0.39, 0.29) is 5.91 Å². The Balaban J connectivity index is 1.90. The number of nitrogens with one attached hydrogen (secondary N) is 1. The largest absolute Gasteiger partial charge is 0.464 e. The van der Waals surface area contributed by atoms with E-state index < -0.39 is 0 Å². The summed E-state index contributed by atoms with van der Waals surface area (Å²) in [6.07, 6.45) is 2.01. The highest BCUT2D eigenvalue weighted by atomic mass is 16.3. The Morgan fingerprint density at radius 3 is 2.19 bits per heavy atom. The molecule has 0 aliphatic rings. The van der Waals surface area contributed by atoms with E-state index >= 15 is 0 Å². The van der Waals surface area contributed by atoms with Gasteiger partial charge in [-0.1, -0.05) is 45.9 Å². The van der Waals surface area contributed by atoms with Crippen LogP contribution in [-0.4, -0.2) is 5.91 Å². The molecule has 0 saturated carbocycles. The molecule has 1 aromatic heterocycles. The number of fused-ring (bicyclic) bond motifs is 1. The van der Waals surface area contributed by atoms with Crippen molar-refractivity contribution in [2.45, 2.75) is 59.8 Å². The lowest BCUT2D eigenvalue weighted by molar-refractivity contribution is -0.115. The van der Waals surface area contributed by atoms with E-state index in [9.17, 15) is 4.79 Å². The van der Waals surface area contributed by atoms with E-state index in [4.69, 9.17) is 4.42 Å². The zero-order valence-electron chi connectivity index (χ0n) is 17.1. The summed E-state index contributed by atoms with van der Waals surface area (Å²) >= 11 is 0. The molecule has 142 valence electrons. The highest BCUT2D eigenvalue weighted by molar-refractivity contribution is 5.96. The molecule has 2 aromatic carbocycles. The molecule has 0 saturated heterocycles. The van der Waals surface area contributed by atoms with E-state index in [1.54, 1.807) is 6.26 Å². The Morgan fingerprint density at radius 2 is 1.59 bits per heavy atom. The number of para-hydroxylation sites is 1. The van der Waals surface area contributed by atoms with Gasteiger partial charge in [0, 0.05) is 16.6 Å². The van der Waals surface area contributed by atoms with Crippen LogP contribution in [0.1, 0.15) is 67.3 Å². The maximum absolute atomic E-state index is 12.9. The Morgan fingerprint density at radius 1 is 1.00 bits per heavy atom. The zero-order chi connectivity index (χ0) is 19.7. The fourth-order valence-corrected chi connectivity index (χ4v) is 3.53. The van der Waals surface area contributed by atoms with Gasteiger partial charge in [0.05, 0.1) is 12.7 Å². The Labute approximate surface area is 161 Å². The molecule has 0 aliphatic heterocycles. The number of amides is 1. The summed E-state index contributed by atoms with van der Waals surface area (Å²) in [6.45, 7) is 12.8. The summed E-state index contributed by atoms with van der Waals surface area (Å²) in [6, 6.07) is 10.4. The monoisotopic (exact) mass is 363 g/mol. The predicted molar refractivity (Wildman–Crippen MR) is 113 cm³/mol. The van der Waals surface area contributed by atoms with Crippen LogP contribution in [0.5, 0.6) is 0 Å². The van der Waals surface area contributed by atoms with Gasteiger partial charge < -0.3 is 9.73 Å². The van der Waals surface area contributed by atoms with E-state index in [1.165, 1.54) is 22.3 Å². The molecular weight excluding hydrogens is 334 g/mol. The number of carbonyl (C=O) groups is 1. The molecule has 3 nitrogen and oxygen atoms in total. The molecule has 1 heterocycles. The molecule has 0 unspecified atom stereocenters. The van der Waals surface area contributed by atoms with E-state index in [2.05, 4.69) is 71.1 Å². The van der Waals surface area contributed by atoms with Crippen LogP contribution in [0.4, 0.5) is 5.69 Å². The maximum Gasteiger partial charge on any atom is 0.228 e. The smallest absolute Gasteiger partial charge is 0.228 e. The average molecular weight is 364 g/mol. The van der Waals surface area contributed by atoms with E-state index in [1.807, 2.05) is 6.07 Å². The van der Waals surface area contributed by atoms with Crippen LogP contribution in [0.3, 0.4) is 0 Å². The molecule has 3 aromatic rings. The fourth-order valence-electron chi connectivity index (χ4n) is 3.53. The highest BCUT2D eigenvalue weighted by Gasteiger charge is 2.17. The molecule has 0 radical (unpaired) electrons. The second-order valence-corrected chi connectivity index (χ2v) is 8.04. The molecular formula is C24H29NO2. The normalized spacial score (nSPS) is 11.6. The fraction of sp³-hybridized carbons (Fsp3) is 0.375. The molecule has 0 atom stereocenters. The van der Waals surface area contributed by atoms with Gasteiger partial charge in [0.15, 0.2) is 0 Å². The van der Waals surface area contributed by atoms with Crippen LogP contribution in [0.25, 0.3) is 11.0 Å². The van der Waals surface area contributed by atoms with Crippen molar-refractivity contribution in [2.24, 2.45) is 0 Å². The van der Waals surface area contributed by atoms with Crippen molar-refractivity contribution in [3.63, 3.8) is 0 Å². The lowest BCUT2D eigenvalue weighted by Crippen LogP contribution is -2.17. The summed E-state index contributed by atoms with van der Waals surface area (Å²) < 4.78 is 5.68. The summed E-state index contributed by atoms with van der Waals surface area (Å²) in [5, 5.41) is 4.21. The molecule has 1 amide bonds. The Bertz CT molecular complexity index is 953. The molecule has 3 heteroatoms. The lowest BCUT2D eigenvalue weighted by atomic mass is 9.92. The topological polar surface area (TPSA) is 42.2 Å². The first-order valence-corrected chi connectivity index (χ1v) is 9.68. The summed E-state index contributed by atoms with van der Waals surface area (Å²) in [7, 11) is 0. The number of aryl methyl sites for hydroxylation is 2. The van der Waals surface area contributed by atoms with Crippen LogP contribution in [0, 0.1) is 13.8 Å². The van der Waals surface area contributed by atoms with Gasteiger partial charge in [0.2, 0.25) is 5.91 Å². The average Bonchev–Trinajstić information content (AvgIpc) is 2.96. The predicted octanol–water partition coefficient (Wildman–Crippen LogP) is 6.48. The summed E-state index contributed by atoms with van der Waals surface area (Å²) in [4.78, 5) is 12.9. The van der Waals surface area contributed by atoms with Crippen molar-refractivity contribution in [1.82, 2.24) is 0 Å². The minimum absolute atomic E-state index is 0.00840. The van der Waals surface area contributed by atoms with Crippen molar-refractivity contribution in [3.05, 3.63) is 64.4 Å². The third-order valence-electron chi connectivity index (χ3n) is 5.26. The maximum atomic E-state index is 12.9. The highest BCUT2D eigenvalue weighted by Crippen LogP contribution is 2.33. The van der Waals surface area contributed by atoms with Crippen molar-refractivity contribution < 1.29 is 9.21 Å². The number of furan rings is 1. The van der Waals surface area contributed by atoms with E-state index in [0.29, 0.717) is 18.3 Å². The first-order valence-electron chi connectivity index (χ1n) is 9.68. The number of hydrogen-bond donors (Lipinski definition) is 1. The summed E-state index contributed by atoms with van der Waals surface area (Å²) in [5.41, 5.74) is 7.49. The Hall–Kier alpha value is -2.55. The van der Waals surface area contributed by atoms with Gasteiger partial charge in [0.1, 0.15) is 5.58 Å². The molecule has 3 rings (SSSR count). The van der Waals surface area contributed by atoms with Crippen LogP contribution in [0.2, 0.25) is 0 Å². The number of anilines is 1. The molecule has 0 aliphatic carbocycles. The van der Waals surface area contributed by atoms with Gasteiger partial charge in [-0.25, -0.2) is 0 Å². The first-order chi connectivity index (χ1) is 12.8. The van der Waals surface area contributed by atoms with Gasteiger partial charge in [-0.3, -0.25) is 4.79 Å². The number of hydrogen-bond acceptors (Lipinski definition) is 2. The van der Waals surface area contributed by atoms with Crippen LogP contribution >= 0.6 is 0 Å². The number of carbonyl (C=O) groups excluding carboxylic acids is 1. The van der Waals surface area contributed by atoms with Gasteiger partial charge >= 0.3 is 0 Å². The second kappa shape index (κ2) is 7.59. The third kappa shape index (κ3) is 3.92. The zero-order valence-corrected chi connectivity index (χ0v) is 17.1. The number of benzene rings is 2. The number of rotatable bonds is 5. The lowest BCUT2D eigenvalue weighted by Gasteiger charge is -2.20. The first kappa shape index (κ1) is 19.2. The molecule has 0 bridgehead atoms. The van der Waals surface area contributed by atoms with Crippen molar-refractivity contribution in [2.75, 3.05) is 5.32 Å². The van der Waals surface area contributed by atoms with Crippen LogP contribution in [0.15, 0.2) is 41.0 Å². The molecule has 0 spiro atoms.